The Bertz CT molecular complexity index is 135. The highest BCUT2D eigenvalue weighted by atomic mass is 32.1. The molecule has 0 amide bonds. The first-order valence-electron chi connectivity index (χ1n) is 4.98. The molecule has 0 aliphatic carbocycles. The smallest absolute Gasteiger partial charge is 0.166 e. The van der Waals surface area contributed by atoms with Crippen molar-refractivity contribution in [2.45, 2.75) is 20.8 Å². The predicted molar refractivity (Wildman–Crippen MR) is 62.1 cm³/mol. The molecule has 13 heavy (non-hydrogen) atoms. The first-order chi connectivity index (χ1) is 6.24. The Morgan fingerprint density at radius 1 is 1.15 bits per heavy atom. The van der Waals surface area contributed by atoms with Crippen LogP contribution < -0.4 is 10.6 Å². The van der Waals surface area contributed by atoms with Crippen molar-refractivity contribution >= 4 is 17.3 Å². The molecular formula is C9H21N3S. The van der Waals surface area contributed by atoms with Crippen molar-refractivity contribution in [2.75, 3.05) is 32.7 Å². The molecule has 0 spiro atoms. The molecule has 0 aliphatic heterocycles. The highest BCUT2D eigenvalue weighted by Crippen LogP contribution is 1.83. The first-order valence-corrected chi connectivity index (χ1v) is 5.39. The zero-order valence-corrected chi connectivity index (χ0v) is 9.71. The van der Waals surface area contributed by atoms with Crippen LogP contribution in [-0.2, 0) is 0 Å². The van der Waals surface area contributed by atoms with Crippen molar-refractivity contribution in [3.63, 3.8) is 0 Å². The zero-order chi connectivity index (χ0) is 10.1. The second-order valence-electron chi connectivity index (χ2n) is 2.81. The van der Waals surface area contributed by atoms with Gasteiger partial charge in [0.1, 0.15) is 0 Å². The van der Waals surface area contributed by atoms with Gasteiger partial charge in [0, 0.05) is 19.6 Å². The molecule has 0 saturated carbocycles. The molecule has 0 saturated heterocycles. The van der Waals surface area contributed by atoms with Gasteiger partial charge in [-0.3, -0.25) is 0 Å². The van der Waals surface area contributed by atoms with Gasteiger partial charge in [0.25, 0.3) is 0 Å². The van der Waals surface area contributed by atoms with Crippen molar-refractivity contribution in [3.05, 3.63) is 0 Å². The van der Waals surface area contributed by atoms with Crippen LogP contribution in [0.2, 0.25) is 0 Å². The summed E-state index contributed by atoms with van der Waals surface area (Å²) in [5.74, 6) is 0. The number of thiocarbonyl (C=S) groups is 1. The van der Waals surface area contributed by atoms with Crippen molar-refractivity contribution in [1.29, 1.82) is 0 Å². The molecule has 4 heteroatoms. The quantitative estimate of drug-likeness (QED) is 0.625. The van der Waals surface area contributed by atoms with Crippen LogP contribution in [0.5, 0.6) is 0 Å². The Hall–Kier alpha value is -0.350. The van der Waals surface area contributed by atoms with E-state index in [1.165, 1.54) is 0 Å². The van der Waals surface area contributed by atoms with E-state index in [-0.39, 0.29) is 0 Å². The molecule has 3 nitrogen and oxygen atoms in total. The average molecular weight is 203 g/mol. The van der Waals surface area contributed by atoms with Gasteiger partial charge in [-0.05, 0) is 32.2 Å². The van der Waals surface area contributed by atoms with E-state index in [2.05, 4.69) is 29.4 Å². The number of nitrogens with one attached hydrogen (secondary N) is 2. The fourth-order valence-corrected chi connectivity index (χ4v) is 1.34. The molecule has 0 heterocycles. The van der Waals surface area contributed by atoms with Crippen molar-refractivity contribution in [3.8, 4) is 0 Å². The van der Waals surface area contributed by atoms with Gasteiger partial charge in [-0.25, -0.2) is 0 Å². The second kappa shape index (κ2) is 8.26. The first kappa shape index (κ1) is 12.7. The summed E-state index contributed by atoms with van der Waals surface area (Å²) < 4.78 is 0. The largest absolute Gasteiger partial charge is 0.363 e. The standard InChI is InChI=1S/C9H21N3S/c1-4-10-9(13)11-7-8-12(5-2)6-3/h4-8H2,1-3H3,(H2,10,11,13). The Kier molecular flexibility index (Phi) is 8.04. The van der Waals surface area contributed by atoms with Crippen LogP contribution in [0.4, 0.5) is 0 Å². The molecule has 0 radical (unpaired) electrons. The average Bonchev–Trinajstić information content (AvgIpc) is 2.13. The van der Waals surface area contributed by atoms with Gasteiger partial charge in [-0.15, -0.1) is 0 Å². The van der Waals surface area contributed by atoms with E-state index < -0.39 is 0 Å². The van der Waals surface area contributed by atoms with E-state index in [0.29, 0.717) is 0 Å². The van der Waals surface area contributed by atoms with Gasteiger partial charge in [-0.1, -0.05) is 13.8 Å². The van der Waals surface area contributed by atoms with Gasteiger partial charge in [0.05, 0.1) is 0 Å². The van der Waals surface area contributed by atoms with Gasteiger partial charge < -0.3 is 15.5 Å². The molecule has 0 atom stereocenters. The van der Waals surface area contributed by atoms with Gasteiger partial charge in [0.15, 0.2) is 5.11 Å². The molecule has 0 unspecified atom stereocenters. The molecule has 0 aromatic heterocycles. The lowest BCUT2D eigenvalue weighted by Gasteiger charge is -2.18. The summed E-state index contributed by atoms with van der Waals surface area (Å²) in [5.41, 5.74) is 0. The van der Waals surface area contributed by atoms with Crippen LogP contribution >= 0.6 is 12.2 Å². The van der Waals surface area contributed by atoms with Crippen LogP contribution in [0.1, 0.15) is 20.8 Å². The van der Waals surface area contributed by atoms with Crippen LogP contribution in [0, 0.1) is 0 Å². The third-order valence-electron chi connectivity index (χ3n) is 1.95. The van der Waals surface area contributed by atoms with E-state index in [0.717, 1.165) is 37.8 Å². The van der Waals surface area contributed by atoms with E-state index >= 15 is 0 Å². The summed E-state index contributed by atoms with van der Waals surface area (Å²) in [7, 11) is 0. The fourth-order valence-electron chi connectivity index (χ4n) is 1.09. The minimum absolute atomic E-state index is 0.759. The Labute approximate surface area is 86.9 Å². The van der Waals surface area contributed by atoms with Gasteiger partial charge >= 0.3 is 0 Å². The van der Waals surface area contributed by atoms with E-state index in [1.54, 1.807) is 0 Å². The Balaban J connectivity index is 3.37. The Morgan fingerprint density at radius 3 is 2.23 bits per heavy atom. The normalized spacial score (nSPS) is 10.2. The summed E-state index contributed by atoms with van der Waals surface area (Å²) in [6.45, 7) is 11.5. The number of nitrogens with zero attached hydrogens (tertiary/aromatic N) is 1. The topological polar surface area (TPSA) is 27.3 Å². The molecule has 0 aromatic carbocycles. The molecular weight excluding hydrogens is 182 g/mol. The highest BCUT2D eigenvalue weighted by molar-refractivity contribution is 7.80. The lowest BCUT2D eigenvalue weighted by atomic mass is 10.4. The molecule has 0 fully saturated rings. The molecule has 0 rings (SSSR count). The minimum atomic E-state index is 0.759. The van der Waals surface area contributed by atoms with Crippen LogP contribution in [0.15, 0.2) is 0 Å². The number of hydrogen-bond donors (Lipinski definition) is 2. The summed E-state index contributed by atoms with van der Waals surface area (Å²) in [6.07, 6.45) is 0. The molecule has 2 N–H and O–H groups in total. The van der Waals surface area contributed by atoms with Crippen LogP contribution in [-0.4, -0.2) is 42.7 Å². The molecule has 78 valence electrons. The molecule has 0 aromatic rings. The third-order valence-corrected chi connectivity index (χ3v) is 2.23. The van der Waals surface area contributed by atoms with Gasteiger partial charge in [0.2, 0.25) is 0 Å². The maximum absolute atomic E-state index is 5.04. The molecule has 0 bridgehead atoms. The van der Waals surface area contributed by atoms with Crippen LogP contribution in [0.25, 0.3) is 0 Å². The highest BCUT2D eigenvalue weighted by Gasteiger charge is 1.98. The maximum atomic E-state index is 5.04. The lowest BCUT2D eigenvalue weighted by molar-refractivity contribution is 0.308. The van der Waals surface area contributed by atoms with Crippen LogP contribution in [0.3, 0.4) is 0 Å². The fraction of sp³-hybridized carbons (Fsp3) is 0.889. The van der Waals surface area contributed by atoms with E-state index in [9.17, 15) is 0 Å². The number of hydrogen-bond acceptors (Lipinski definition) is 2. The molecule has 0 aliphatic rings. The number of rotatable bonds is 6. The Morgan fingerprint density at radius 2 is 1.77 bits per heavy atom. The van der Waals surface area contributed by atoms with Crippen molar-refractivity contribution < 1.29 is 0 Å². The van der Waals surface area contributed by atoms with Crippen molar-refractivity contribution in [2.24, 2.45) is 0 Å². The number of likely N-dealkylation sites (N-methyl/N-ethyl adjacent to an activating group) is 1. The predicted octanol–water partition coefficient (Wildman–Crippen LogP) is 0.812. The summed E-state index contributed by atoms with van der Waals surface area (Å²) in [5, 5.41) is 6.98. The maximum Gasteiger partial charge on any atom is 0.166 e. The lowest BCUT2D eigenvalue weighted by Crippen LogP contribution is -2.40. The van der Waals surface area contributed by atoms with E-state index in [1.807, 2.05) is 6.92 Å². The minimum Gasteiger partial charge on any atom is -0.363 e. The SMILES string of the molecule is CCNC(=S)NCCN(CC)CC. The van der Waals surface area contributed by atoms with Gasteiger partial charge in [-0.2, -0.15) is 0 Å². The monoisotopic (exact) mass is 203 g/mol. The van der Waals surface area contributed by atoms with Crippen molar-refractivity contribution in [1.82, 2.24) is 15.5 Å². The second-order valence-corrected chi connectivity index (χ2v) is 3.22. The summed E-state index contributed by atoms with van der Waals surface area (Å²) in [4.78, 5) is 2.36. The zero-order valence-electron chi connectivity index (χ0n) is 8.89. The summed E-state index contributed by atoms with van der Waals surface area (Å²) >= 11 is 5.04. The summed E-state index contributed by atoms with van der Waals surface area (Å²) in [6, 6.07) is 0. The van der Waals surface area contributed by atoms with E-state index in [4.69, 9.17) is 12.2 Å². The third kappa shape index (κ3) is 6.78.